The van der Waals surface area contributed by atoms with Gasteiger partial charge in [0.25, 0.3) is 0 Å². The predicted molar refractivity (Wildman–Crippen MR) is 70.8 cm³/mol. The molecular weight excluding hydrogens is 252 g/mol. The van der Waals surface area contributed by atoms with Crippen molar-refractivity contribution in [1.29, 1.82) is 0 Å². The number of hydrogen-bond acceptors (Lipinski definition) is 5. The first-order valence-corrected chi connectivity index (χ1v) is 5.72. The SMILES string of the molecule is Cc1cc(Oc2cc(Cl)ccc2C)nc(NN)n1. The molecule has 0 aliphatic rings. The Bertz CT molecular complexity index is 574. The van der Waals surface area contributed by atoms with Crippen molar-refractivity contribution in [2.24, 2.45) is 5.84 Å². The highest BCUT2D eigenvalue weighted by Gasteiger charge is 2.06. The van der Waals surface area contributed by atoms with Crippen LogP contribution in [0.5, 0.6) is 11.6 Å². The van der Waals surface area contributed by atoms with E-state index in [-0.39, 0.29) is 0 Å². The van der Waals surface area contributed by atoms with Crippen LogP contribution in [0.4, 0.5) is 5.95 Å². The standard InChI is InChI=1S/C12H13ClN4O/c1-7-3-4-9(13)6-10(7)18-11-5-8(2)15-12(16-11)17-14/h3-6H,14H2,1-2H3,(H,15,16,17). The van der Waals surface area contributed by atoms with Crippen molar-refractivity contribution in [3.05, 3.63) is 40.5 Å². The zero-order valence-electron chi connectivity index (χ0n) is 10.1. The molecule has 0 fully saturated rings. The van der Waals surface area contributed by atoms with Crippen molar-refractivity contribution in [3.8, 4) is 11.6 Å². The number of nitrogens with one attached hydrogen (secondary N) is 1. The molecular formula is C12H13ClN4O. The third-order valence-corrected chi connectivity index (χ3v) is 2.56. The summed E-state index contributed by atoms with van der Waals surface area (Å²) in [5, 5.41) is 0.610. The monoisotopic (exact) mass is 264 g/mol. The van der Waals surface area contributed by atoms with Gasteiger partial charge in [0.1, 0.15) is 5.75 Å². The Balaban J connectivity index is 2.33. The van der Waals surface area contributed by atoms with Crippen LogP contribution in [0.1, 0.15) is 11.3 Å². The van der Waals surface area contributed by atoms with Gasteiger partial charge in [0.05, 0.1) is 0 Å². The summed E-state index contributed by atoms with van der Waals surface area (Å²) in [7, 11) is 0. The fourth-order valence-electron chi connectivity index (χ4n) is 1.45. The van der Waals surface area contributed by atoms with Gasteiger partial charge < -0.3 is 4.74 Å². The minimum atomic E-state index is 0.310. The number of aryl methyl sites for hydroxylation is 2. The molecule has 0 saturated heterocycles. The highest BCUT2D eigenvalue weighted by atomic mass is 35.5. The molecule has 94 valence electrons. The molecule has 0 radical (unpaired) electrons. The topological polar surface area (TPSA) is 73.1 Å². The van der Waals surface area contributed by atoms with Gasteiger partial charge in [0.2, 0.25) is 11.8 Å². The van der Waals surface area contributed by atoms with Crippen molar-refractivity contribution in [2.45, 2.75) is 13.8 Å². The molecule has 0 aliphatic carbocycles. The minimum Gasteiger partial charge on any atom is -0.439 e. The predicted octanol–water partition coefficient (Wildman–Crippen LogP) is 2.82. The van der Waals surface area contributed by atoms with Crippen LogP contribution in [0.3, 0.4) is 0 Å². The number of hydrazine groups is 1. The summed E-state index contributed by atoms with van der Waals surface area (Å²) in [6.45, 7) is 3.77. The molecule has 18 heavy (non-hydrogen) atoms. The van der Waals surface area contributed by atoms with Gasteiger partial charge in [0, 0.05) is 16.8 Å². The van der Waals surface area contributed by atoms with E-state index in [1.165, 1.54) is 0 Å². The number of nitrogens with zero attached hydrogens (tertiary/aromatic N) is 2. The van der Waals surface area contributed by atoms with E-state index >= 15 is 0 Å². The van der Waals surface area contributed by atoms with Gasteiger partial charge in [-0.25, -0.2) is 10.8 Å². The molecule has 1 heterocycles. The Labute approximate surface area is 110 Å². The summed E-state index contributed by atoms with van der Waals surface area (Å²) in [6, 6.07) is 7.15. The van der Waals surface area contributed by atoms with Gasteiger partial charge in [-0.05, 0) is 31.5 Å². The van der Waals surface area contributed by atoms with Crippen LogP contribution in [0.25, 0.3) is 0 Å². The van der Waals surface area contributed by atoms with Gasteiger partial charge in [-0.1, -0.05) is 17.7 Å². The van der Waals surface area contributed by atoms with Crippen molar-refractivity contribution in [3.63, 3.8) is 0 Å². The average Bonchev–Trinajstić information content (AvgIpc) is 2.33. The number of rotatable bonds is 3. The first-order chi connectivity index (χ1) is 8.58. The number of nitrogen functional groups attached to an aromatic ring is 1. The Hall–Kier alpha value is -1.85. The zero-order chi connectivity index (χ0) is 13.1. The number of benzene rings is 1. The second kappa shape index (κ2) is 5.20. The lowest BCUT2D eigenvalue weighted by Crippen LogP contribution is -2.11. The molecule has 0 spiro atoms. The number of aromatic nitrogens is 2. The minimum absolute atomic E-state index is 0.310. The van der Waals surface area contributed by atoms with Gasteiger partial charge >= 0.3 is 0 Å². The molecule has 0 atom stereocenters. The van der Waals surface area contributed by atoms with Crippen LogP contribution in [0.2, 0.25) is 5.02 Å². The Morgan fingerprint density at radius 2 is 2.00 bits per heavy atom. The van der Waals surface area contributed by atoms with Gasteiger partial charge in [-0.15, -0.1) is 0 Å². The van der Waals surface area contributed by atoms with Crippen molar-refractivity contribution >= 4 is 17.5 Å². The first-order valence-electron chi connectivity index (χ1n) is 5.35. The number of hydrogen-bond donors (Lipinski definition) is 2. The molecule has 0 amide bonds. The number of ether oxygens (including phenoxy) is 1. The smallest absolute Gasteiger partial charge is 0.240 e. The molecule has 5 nitrogen and oxygen atoms in total. The summed E-state index contributed by atoms with van der Waals surface area (Å²) >= 11 is 5.93. The third-order valence-electron chi connectivity index (χ3n) is 2.32. The average molecular weight is 265 g/mol. The largest absolute Gasteiger partial charge is 0.439 e. The summed E-state index contributed by atoms with van der Waals surface area (Å²) in [4.78, 5) is 8.19. The Morgan fingerprint density at radius 3 is 2.72 bits per heavy atom. The lowest BCUT2D eigenvalue weighted by Gasteiger charge is -2.09. The molecule has 1 aromatic heterocycles. The zero-order valence-corrected chi connectivity index (χ0v) is 10.8. The number of anilines is 1. The highest BCUT2D eigenvalue weighted by Crippen LogP contribution is 2.27. The van der Waals surface area contributed by atoms with Gasteiger partial charge in [-0.2, -0.15) is 4.98 Å². The third kappa shape index (κ3) is 2.88. The molecule has 0 unspecified atom stereocenters. The second-order valence-corrected chi connectivity index (χ2v) is 4.26. The second-order valence-electron chi connectivity index (χ2n) is 3.83. The van der Waals surface area contributed by atoms with E-state index in [9.17, 15) is 0 Å². The molecule has 3 N–H and O–H groups in total. The number of halogens is 1. The normalized spacial score (nSPS) is 10.2. The fraction of sp³-hybridized carbons (Fsp3) is 0.167. The van der Waals surface area contributed by atoms with Gasteiger partial charge in [0.15, 0.2) is 0 Å². The van der Waals surface area contributed by atoms with E-state index in [2.05, 4.69) is 15.4 Å². The maximum absolute atomic E-state index is 5.93. The van der Waals surface area contributed by atoms with Crippen LogP contribution < -0.4 is 16.0 Å². The number of nitrogens with two attached hydrogens (primary N) is 1. The molecule has 0 bridgehead atoms. The highest BCUT2D eigenvalue weighted by molar-refractivity contribution is 6.30. The maximum Gasteiger partial charge on any atom is 0.240 e. The Kier molecular flexibility index (Phi) is 3.64. The van der Waals surface area contributed by atoms with E-state index in [0.717, 1.165) is 11.3 Å². The summed E-state index contributed by atoms with van der Waals surface area (Å²) in [6.07, 6.45) is 0. The molecule has 0 aliphatic heterocycles. The quantitative estimate of drug-likeness (QED) is 0.659. The summed E-state index contributed by atoms with van der Waals surface area (Å²) in [5.74, 6) is 6.67. The van der Waals surface area contributed by atoms with Crippen LogP contribution in [-0.4, -0.2) is 9.97 Å². The molecule has 1 aromatic carbocycles. The van der Waals surface area contributed by atoms with Gasteiger partial charge in [-0.3, -0.25) is 5.43 Å². The van der Waals surface area contributed by atoms with E-state index < -0.39 is 0 Å². The van der Waals surface area contributed by atoms with Crippen molar-refractivity contribution < 1.29 is 4.74 Å². The van der Waals surface area contributed by atoms with E-state index in [4.69, 9.17) is 22.2 Å². The lowest BCUT2D eigenvalue weighted by molar-refractivity contribution is 0.458. The molecule has 2 rings (SSSR count). The maximum atomic E-state index is 5.93. The fourth-order valence-corrected chi connectivity index (χ4v) is 1.62. The van der Waals surface area contributed by atoms with Crippen LogP contribution in [0.15, 0.2) is 24.3 Å². The van der Waals surface area contributed by atoms with Crippen LogP contribution in [0, 0.1) is 13.8 Å². The van der Waals surface area contributed by atoms with Crippen LogP contribution >= 0.6 is 11.6 Å². The molecule has 0 saturated carbocycles. The Morgan fingerprint density at radius 1 is 1.22 bits per heavy atom. The molecule has 6 heteroatoms. The van der Waals surface area contributed by atoms with Crippen molar-refractivity contribution in [1.82, 2.24) is 9.97 Å². The van der Waals surface area contributed by atoms with Crippen LogP contribution in [-0.2, 0) is 0 Å². The summed E-state index contributed by atoms with van der Waals surface area (Å²) < 4.78 is 5.68. The van der Waals surface area contributed by atoms with Crippen molar-refractivity contribution in [2.75, 3.05) is 5.43 Å². The molecule has 2 aromatic rings. The van der Waals surface area contributed by atoms with E-state index in [1.807, 2.05) is 26.0 Å². The van der Waals surface area contributed by atoms with E-state index in [0.29, 0.717) is 22.6 Å². The summed E-state index contributed by atoms with van der Waals surface area (Å²) in [5.41, 5.74) is 4.12. The lowest BCUT2D eigenvalue weighted by atomic mass is 10.2. The first kappa shape index (κ1) is 12.6. The van der Waals surface area contributed by atoms with E-state index in [1.54, 1.807) is 12.1 Å².